The van der Waals surface area contributed by atoms with Gasteiger partial charge < -0.3 is 15.4 Å². The highest BCUT2D eigenvalue weighted by Crippen LogP contribution is 2.23. The maximum absolute atomic E-state index is 5.75. The van der Waals surface area contributed by atoms with Gasteiger partial charge in [-0.25, -0.2) is 0 Å². The predicted molar refractivity (Wildman–Crippen MR) is 96.4 cm³/mol. The molecule has 1 aromatic heterocycles. The Morgan fingerprint density at radius 1 is 1.50 bits per heavy atom. The molecule has 0 amide bonds. The molecule has 0 spiro atoms. The molecule has 1 saturated heterocycles. The molecule has 1 fully saturated rings. The van der Waals surface area contributed by atoms with Crippen molar-refractivity contribution in [1.29, 1.82) is 0 Å². The van der Waals surface area contributed by atoms with Crippen LogP contribution in [0, 0.1) is 0 Å². The minimum Gasteiger partial charge on any atom is -0.373 e. The van der Waals surface area contributed by atoms with Gasteiger partial charge in [-0.05, 0) is 48.6 Å². The van der Waals surface area contributed by atoms with Gasteiger partial charge in [-0.1, -0.05) is 0 Å². The lowest BCUT2D eigenvalue weighted by Gasteiger charge is -2.24. The zero-order valence-electron chi connectivity index (χ0n) is 12.1. The molecule has 1 aliphatic rings. The van der Waals surface area contributed by atoms with Gasteiger partial charge in [0, 0.05) is 26.7 Å². The van der Waals surface area contributed by atoms with E-state index in [0.717, 1.165) is 44.9 Å². The van der Waals surface area contributed by atoms with Gasteiger partial charge in [-0.2, -0.15) is 11.3 Å². The van der Waals surface area contributed by atoms with E-state index in [4.69, 9.17) is 4.74 Å². The molecule has 1 unspecified atom stereocenters. The van der Waals surface area contributed by atoms with Gasteiger partial charge in [0.25, 0.3) is 0 Å². The van der Waals surface area contributed by atoms with Crippen LogP contribution >= 0.6 is 35.3 Å². The molecule has 0 radical (unpaired) electrons. The molecular weight excluding hydrogens is 385 g/mol. The maximum Gasteiger partial charge on any atom is 0.191 e. The first-order valence-corrected chi connectivity index (χ1v) is 7.76. The molecule has 2 rings (SSSR count). The van der Waals surface area contributed by atoms with E-state index in [-0.39, 0.29) is 29.6 Å². The number of nitrogens with one attached hydrogen (secondary N) is 2. The summed E-state index contributed by atoms with van der Waals surface area (Å²) in [4.78, 5) is 4.24. The SMILES string of the molecule is CN=C(NCCc1ccsc1)NCC1(C)CCCO1.I. The molecule has 6 heteroatoms. The fraction of sp³-hybridized carbons (Fsp3) is 0.643. The van der Waals surface area contributed by atoms with E-state index in [1.807, 2.05) is 0 Å². The lowest BCUT2D eigenvalue weighted by Crippen LogP contribution is -2.45. The van der Waals surface area contributed by atoms with Gasteiger partial charge in [0.05, 0.1) is 5.60 Å². The molecule has 1 aliphatic heterocycles. The number of hydrogen-bond donors (Lipinski definition) is 2. The molecule has 0 aromatic carbocycles. The number of hydrogen-bond acceptors (Lipinski definition) is 3. The Morgan fingerprint density at radius 2 is 2.35 bits per heavy atom. The quantitative estimate of drug-likeness (QED) is 0.447. The van der Waals surface area contributed by atoms with Crippen molar-refractivity contribution >= 4 is 41.3 Å². The van der Waals surface area contributed by atoms with Gasteiger partial charge >= 0.3 is 0 Å². The minimum absolute atomic E-state index is 0. The van der Waals surface area contributed by atoms with Crippen LogP contribution in [0.4, 0.5) is 0 Å². The van der Waals surface area contributed by atoms with E-state index in [2.05, 4.69) is 39.4 Å². The standard InChI is InChI=1S/C14H23N3OS.HI/c1-14(6-3-8-18-14)11-17-13(15-2)16-7-4-12-5-9-19-10-12;/h5,9-10H,3-4,6-8,11H2,1-2H3,(H2,15,16,17);1H. The molecular formula is C14H24IN3OS. The Morgan fingerprint density at radius 3 is 2.95 bits per heavy atom. The summed E-state index contributed by atoms with van der Waals surface area (Å²) < 4.78 is 5.75. The molecule has 4 nitrogen and oxygen atoms in total. The van der Waals surface area contributed by atoms with Crippen LogP contribution in [0.25, 0.3) is 0 Å². The Balaban J connectivity index is 0.00000200. The summed E-state index contributed by atoms with van der Waals surface area (Å²) >= 11 is 1.74. The van der Waals surface area contributed by atoms with Crippen LogP contribution in [0.15, 0.2) is 21.8 Å². The molecule has 1 atom stereocenters. The van der Waals surface area contributed by atoms with E-state index in [1.54, 1.807) is 18.4 Å². The molecule has 114 valence electrons. The van der Waals surface area contributed by atoms with Gasteiger partial charge in [-0.15, -0.1) is 24.0 Å². The second kappa shape index (κ2) is 8.84. The van der Waals surface area contributed by atoms with Crippen molar-refractivity contribution < 1.29 is 4.74 Å². The summed E-state index contributed by atoms with van der Waals surface area (Å²) in [5.41, 5.74) is 1.34. The lowest BCUT2D eigenvalue weighted by molar-refractivity contribution is 0.0243. The Hall–Kier alpha value is -0.340. The first kappa shape index (κ1) is 17.7. The van der Waals surface area contributed by atoms with Crippen LogP contribution < -0.4 is 10.6 Å². The van der Waals surface area contributed by atoms with Crippen LogP contribution in [0.3, 0.4) is 0 Å². The summed E-state index contributed by atoms with van der Waals surface area (Å²) in [6.45, 7) is 4.74. The average molecular weight is 409 g/mol. The Bertz CT molecular complexity index is 403. The van der Waals surface area contributed by atoms with Crippen LogP contribution in [0.5, 0.6) is 0 Å². The van der Waals surface area contributed by atoms with E-state index in [9.17, 15) is 0 Å². The molecule has 0 bridgehead atoms. The maximum atomic E-state index is 5.75. The van der Waals surface area contributed by atoms with Gasteiger partial charge in [0.1, 0.15) is 0 Å². The molecule has 0 saturated carbocycles. The second-order valence-electron chi connectivity index (χ2n) is 5.14. The number of ether oxygens (including phenoxy) is 1. The summed E-state index contributed by atoms with van der Waals surface area (Å²) in [5, 5.41) is 11.0. The van der Waals surface area contributed by atoms with Crippen LogP contribution in [0.1, 0.15) is 25.3 Å². The fourth-order valence-electron chi connectivity index (χ4n) is 2.23. The van der Waals surface area contributed by atoms with Crippen molar-refractivity contribution in [1.82, 2.24) is 10.6 Å². The van der Waals surface area contributed by atoms with Crippen molar-refractivity contribution in [2.24, 2.45) is 4.99 Å². The molecule has 2 heterocycles. The van der Waals surface area contributed by atoms with E-state index >= 15 is 0 Å². The largest absolute Gasteiger partial charge is 0.373 e. The second-order valence-corrected chi connectivity index (χ2v) is 5.92. The third kappa shape index (κ3) is 5.57. The minimum atomic E-state index is -0.0367. The van der Waals surface area contributed by atoms with Crippen LogP contribution in [-0.4, -0.2) is 38.3 Å². The summed E-state index contributed by atoms with van der Waals surface area (Å²) in [6.07, 6.45) is 3.30. The first-order valence-electron chi connectivity index (χ1n) is 6.81. The topological polar surface area (TPSA) is 45.7 Å². The molecule has 20 heavy (non-hydrogen) atoms. The highest BCUT2D eigenvalue weighted by Gasteiger charge is 2.29. The van der Waals surface area contributed by atoms with Crippen LogP contribution in [0.2, 0.25) is 0 Å². The van der Waals surface area contributed by atoms with E-state index in [1.165, 1.54) is 5.56 Å². The first-order chi connectivity index (χ1) is 9.22. The Kier molecular flexibility index (Phi) is 7.83. The molecule has 1 aromatic rings. The lowest BCUT2D eigenvalue weighted by atomic mass is 10.0. The number of halogens is 1. The average Bonchev–Trinajstić information content (AvgIpc) is 3.06. The fourth-order valence-corrected chi connectivity index (χ4v) is 2.93. The van der Waals surface area contributed by atoms with Gasteiger partial charge in [-0.3, -0.25) is 4.99 Å². The van der Waals surface area contributed by atoms with E-state index < -0.39 is 0 Å². The third-order valence-electron chi connectivity index (χ3n) is 3.44. The van der Waals surface area contributed by atoms with Crippen molar-refractivity contribution in [3.8, 4) is 0 Å². The number of rotatable bonds is 5. The zero-order chi connectivity index (χ0) is 13.6. The van der Waals surface area contributed by atoms with E-state index in [0.29, 0.717) is 0 Å². The van der Waals surface area contributed by atoms with Crippen molar-refractivity contribution in [2.75, 3.05) is 26.7 Å². The van der Waals surface area contributed by atoms with Crippen molar-refractivity contribution in [3.63, 3.8) is 0 Å². The summed E-state index contributed by atoms with van der Waals surface area (Å²) in [5.74, 6) is 0.854. The smallest absolute Gasteiger partial charge is 0.191 e. The molecule has 2 N–H and O–H groups in total. The molecule has 0 aliphatic carbocycles. The third-order valence-corrected chi connectivity index (χ3v) is 4.17. The summed E-state index contributed by atoms with van der Waals surface area (Å²) in [6, 6.07) is 2.16. The zero-order valence-corrected chi connectivity index (χ0v) is 15.3. The summed E-state index contributed by atoms with van der Waals surface area (Å²) in [7, 11) is 1.80. The normalized spacial score (nSPS) is 22.4. The highest BCUT2D eigenvalue weighted by molar-refractivity contribution is 14.0. The van der Waals surface area contributed by atoms with Gasteiger partial charge in [0.2, 0.25) is 0 Å². The van der Waals surface area contributed by atoms with Crippen molar-refractivity contribution in [2.45, 2.75) is 31.8 Å². The van der Waals surface area contributed by atoms with Gasteiger partial charge in [0.15, 0.2) is 5.96 Å². The Labute approximate surface area is 142 Å². The van der Waals surface area contributed by atoms with Crippen LogP contribution in [-0.2, 0) is 11.2 Å². The highest BCUT2D eigenvalue weighted by atomic mass is 127. The number of nitrogens with zero attached hydrogens (tertiary/aromatic N) is 1. The monoisotopic (exact) mass is 409 g/mol. The number of guanidine groups is 1. The number of thiophene rings is 1. The predicted octanol–water partition coefficient (Wildman–Crippen LogP) is 2.64. The number of aliphatic imine (C=N–C) groups is 1. The van der Waals surface area contributed by atoms with Crippen molar-refractivity contribution in [3.05, 3.63) is 22.4 Å².